The second-order valence-corrected chi connectivity index (χ2v) is 4.45. The molecule has 0 saturated carbocycles. The Bertz CT molecular complexity index is 296. The molecule has 1 atom stereocenters. The van der Waals surface area contributed by atoms with Crippen LogP contribution in [0.5, 0.6) is 0 Å². The molecular formula is C13H24N2O. The van der Waals surface area contributed by atoms with E-state index in [-0.39, 0.29) is 0 Å². The smallest absolute Gasteiger partial charge is 0.122 e. The first-order valence-corrected chi connectivity index (χ1v) is 6.09. The lowest BCUT2D eigenvalue weighted by Gasteiger charge is -2.24. The molecule has 3 nitrogen and oxygen atoms in total. The van der Waals surface area contributed by atoms with E-state index in [0.29, 0.717) is 6.04 Å². The standard InChI is InChI=1S/C13H24N2O/c1-5-6-11(2)15(4)10-12-7-8-16-13(12)9-14-3/h7-8,11,14H,5-6,9-10H2,1-4H3. The molecule has 1 unspecified atom stereocenters. The summed E-state index contributed by atoms with van der Waals surface area (Å²) in [6.45, 7) is 6.28. The van der Waals surface area contributed by atoms with Gasteiger partial charge >= 0.3 is 0 Å². The summed E-state index contributed by atoms with van der Waals surface area (Å²) in [5, 5.41) is 3.13. The Labute approximate surface area is 98.8 Å². The van der Waals surface area contributed by atoms with Crippen LogP contribution in [-0.4, -0.2) is 25.0 Å². The Morgan fingerprint density at radius 3 is 2.88 bits per heavy atom. The monoisotopic (exact) mass is 224 g/mol. The van der Waals surface area contributed by atoms with Crippen molar-refractivity contribution in [1.29, 1.82) is 0 Å². The highest BCUT2D eigenvalue weighted by atomic mass is 16.3. The Morgan fingerprint density at radius 2 is 2.25 bits per heavy atom. The van der Waals surface area contributed by atoms with Gasteiger partial charge in [0.1, 0.15) is 5.76 Å². The Kier molecular flexibility index (Phi) is 5.56. The van der Waals surface area contributed by atoms with E-state index < -0.39 is 0 Å². The highest BCUT2D eigenvalue weighted by Crippen LogP contribution is 2.15. The van der Waals surface area contributed by atoms with Crippen molar-refractivity contribution in [2.24, 2.45) is 0 Å². The van der Waals surface area contributed by atoms with Crippen molar-refractivity contribution in [2.45, 2.75) is 45.8 Å². The van der Waals surface area contributed by atoms with Gasteiger partial charge in [0.2, 0.25) is 0 Å². The molecule has 92 valence electrons. The summed E-state index contributed by atoms with van der Waals surface area (Å²) in [4.78, 5) is 2.38. The second-order valence-electron chi connectivity index (χ2n) is 4.45. The maximum atomic E-state index is 5.46. The molecule has 0 radical (unpaired) electrons. The van der Waals surface area contributed by atoms with Crippen molar-refractivity contribution >= 4 is 0 Å². The summed E-state index contributed by atoms with van der Waals surface area (Å²) in [7, 11) is 4.12. The lowest BCUT2D eigenvalue weighted by molar-refractivity contribution is 0.235. The molecule has 0 bridgehead atoms. The van der Waals surface area contributed by atoms with E-state index in [9.17, 15) is 0 Å². The lowest BCUT2D eigenvalue weighted by Crippen LogP contribution is -2.28. The van der Waals surface area contributed by atoms with E-state index in [2.05, 4.69) is 37.2 Å². The molecule has 0 saturated heterocycles. The summed E-state index contributed by atoms with van der Waals surface area (Å²) < 4.78 is 5.46. The van der Waals surface area contributed by atoms with E-state index in [1.54, 1.807) is 6.26 Å². The first-order chi connectivity index (χ1) is 7.69. The van der Waals surface area contributed by atoms with E-state index in [1.165, 1.54) is 18.4 Å². The molecule has 16 heavy (non-hydrogen) atoms. The summed E-state index contributed by atoms with van der Waals surface area (Å²) in [5.41, 5.74) is 1.29. The third-order valence-corrected chi connectivity index (χ3v) is 3.05. The summed E-state index contributed by atoms with van der Waals surface area (Å²) >= 11 is 0. The number of nitrogens with zero attached hydrogens (tertiary/aromatic N) is 1. The van der Waals surface area contributed by atoms with Gasteiger partial charge in [-0.05, 0) is 33.5 Å². The highest BCUT2D eigenvalue weighted by Gasteiger charge is 2.12. The van der Waals surface area contributed by atoms with Gasteiger partial charge in [0.25, 0.3) is 0 Å². The van der Waals surface area contributed by atoms with Crippen molar-refractivity contribution in [2.75, 3.05) is 14.1 Å². The SMILES string of the molecule is CCCC(C)N(C)Cc1ccoc1CNC. The minimum atomic E-state index is 0.627. The van der Waals surface area contributed by atoms with Gasteiger partial charge in [0, 0.05) is 18.2 Å². The van der Waals surface area contributed by atoms with Crippen LogP contribution in [0.15, 0.2) is 16.7 Å². The van der Waals surface area contributed by atoms with Gasteiger partial charge in [-0.25, -0.2) is 0 Å². The lowest BCUT2D eigenvalue weighted by atomic mass is 10.1. The largest absolute Gasteiger partial charge is 0.468 e. The summed E-state index contributed by atoms with van der Waals surface area (Å²) in [5.74, 6) is 1.05. The first kappa shape index (κ1) is 13.3. The van der Waals surface area contributed by atoms with Crippen LogP contribution in [0, 0.1) is 0 Å². The fourth-order valence-electron chi connectivity index (χ4n) is 1.89. The van der Waals surface area contributed by atoms with Crippen molar-refractivity contribution in [3.05, 3.63) is 23.7 Å². The second kappa shape index (κ2) is 6.71. The third kappa shape index (κ3) is 3.65. The molecule has 1 aromatic rings. The van der Waals surface area contributed by atoms with Crippen molar-refractivity contribution in [3.63, 3.8) is 0 Å². The zero-order valence-electron chi connectivity index (χ0n) is 10.9. The van der Waals surface area contributed by atoms with Crippen LogP contribution in [0.3, 0.4) is 0 Å². The number of nitrogens with one attached hydrogen (secondary N) is 1. The van der Waals surface area contributed by atoms with Gasteiger partial charge in [0.05, 0.1) is 12.8 Å². The van der Waals surface area contributed by atoms with Gasteiger partial charge < -0.3 is 9.73 Å². The quantitative estimate of drug-likeness (QED) is 0.771. The number of hydrogen-bond donors (Lipinski definition) is 1. The maximum absolute atomic E-state index is 5.46. The number of rotatable bonds is 7. The molecule has 3 heteroatoms. The molecule has 1 rings (SSSR count). The van der Waals surface area contributed by atoms with Crippen LogP contribution in [0.1, 0.15) is 38.0 Å². The maximum Gasteiger partial charge on any atom is 0.122 e. The van der Waals surface area contributed by atoms with Gasteiger partial charge in [-0.15, -0.1) is 0 Å². The minimum absolute atomic E-state index is 0.627. The zero-order chi connectivity index (χ0) is 12.0. The Morgan fingerprint density at radius 1 is 1.50 bits per heavy atom. The van der Waals surface area contributed by atoms with E-state index in [0.717, 1.165) is 18.8 Å². The van der Waals surface area contributed by atoms with Crippen LogP contribution < -0.4 is 5.32 Å². The van der Waals surface area contributed by atoms with Crippen molar-refractivity contribution in [1.82, 2.24) is 10.2 Å². The van der Waals surface area contributed by atoms with Crippen molar-refractivity contribution < 1.29 is 4.42 Å². The van der Waals surface area contributed by atoms with Crippen LogP contribution in [0.2, 0.25) is 0 Å². The topological polar surface area (TPSA) is 28.4 Å². The summed E-state index contributed by atoms with van der Waals surface area (Å²) in [6, 6.07) is 2.70. The highest BCUT2D eigenvalue weighted by molar-refractivity contribution is 5.16. The van der Waals surface area contributed by atoms with Gasteiger partial charge in [-0.2, -0.15) is 0 Å². The Hall–Kier alpha value is -0.800. The fraction of sp³-hybridized carbons (Fsp3) is 0.692. The molecule has 0 aliphatic heterocycles. The van der Waals surface area contributed by atoms with E-state index in [1.807, 2.05) is 7.05 Å². The molecule has 1 N–H and O–H groups in total. The van der Waals surface area contributed by atoms with Gasteiger partial charge in [-0.3, -0.25) is 4.90 Å². The number of hydrogen-bond acceptors (Lipinski definition) is 3. The van der Waals surface area contributed by atoms with Gasteiger partial charge in [-0.1, -0.05) is 13.3 Å². The molecule has 0 aliphatic carbocycles. The van der Waals surface area contributed by atoms with E-state index >= 15 is 0 Å². The average Bonchev–Trinajstić information content (AvgIpc) is 2.67. The molecule has 1 aromatic heterocycles. The fourth-order valence-corrected chi connectivity index (χ4v) is 1.89. The zero-order valence-corrected chi connectivity index (χ0v) is 10.9. The molecule has 1 heterocycles. The van der Waals surface area contributed by atoms with Crippen LogP contribution in [0.4, 0.5) is 0 Å². The number of furan rings is 1. The van der Waals surface area contributed by atoms with Crippen LogP contribution >= 0.6 is 0 Å². The average molecular weight is 224 g/mol. The molecular weight excluding hydrogens is 200 g/mol. The Balaban J connectivity index is 2.54. The van der Waals surface area contributed by atoms with Crippen LogP contribution in [0.25, 0.3) is 0 Å². The predicted molar refractivity (Wildman–Crippen MR) is 67.3 cm³/mol. The normalized spacial score (nSPS) is 13.3. The molecule has 0 amide bonds. The third-order valence-electron chi connectivity index (χ3n) is 3.05. The van der Waals surface area contributed by atoms with Crippen molar-refractivity contribution in [3.8, 4) is 0 Å². The van der Waals surface area contributed by atoms with Gasteiger partial charge in [0.15, 0.2) is 0 Å². The van der Waals surface area contributed by atoms with Crippen LogP contribution in [-0.2, 0) is 13.1 Å². The summed E-state index contributed by atoms with van der Waals surface area (Å²) in [6.07, 6.45) is 4.26. The molecule has 0 aromatic carbocycles. The molecule has 0 aliphatic rings. The predicted octanol–water partition coefficient (Wildman–Crippen LogP) is 2.62. The molecule has 0 spiro atoms. The first-order valence-electron chi connectivity index (χ1n) is 6.09. The molecule has 0 fully saturated rings. The minimum Gasteiger partial charge on any atom is -0.468 e. The van der Waals surface area contributed by atoms with E-state index in [4.69, 9.17) is 4.42 Å².